The number of para-hydroxylation sites is 1. The van der Waals surface area contributed by atoms with Crippen molar-refractivity contribution in [1.82, 2.24) is 10.2 Å². The van der Waals surface area contributed by atoms with Crippen LogP contribution >= 0.6 is 0 Å². The van der Waals surface area contributed by atoms with Gasteiger partial charge in [0.05, 0.1) is 18.0 Å². The normalized spacial score (nSPS) is 10.8. The van der Waals surface area contributed by atoms with Crippen molar-refractivity contribution >= 4 is 5.69 Å². The SMILES string of the molecule is CCCCCCOc1ccccc1-c1cc(-c2cccc(N)c2)n[nH]1. The van der Waals surface area contributed by atoms with Crippen LogP contribution in [-0.4, -0.2) is 16.8 Å². The largest absolute Gasteiger partial charge is 0.493 e. The fourth-order valence-electron chi connectivity index (χ4n) is 2.83. The second kappa shape index (κ2) is 8.38. The van der Waals surface area contributed by atoms with Gasteiger partial charge in [-0.1, -0.05) is 50.5 Å². The Kier molecular flexibility index (Phi) is 5.73. The number of H-pyrrole nitrogens is 1. The Morgan fingerprint density at radius 2 is 1.88 bits per heavy atom. The summed E-state index contributed by atoms with van der Waals surface area (Å²) in [7, 11) is 0. The molecule has 0 atom stereocenters. The molecule has 0 unspecified atom stereocenters. The van der Waals surface area contributed by atoms with Gasteiger partial charge in [-0.15, -0.1) is 0 Å². The fraction of sp³-hybridized carbons (Fsp3) is 0.286. The number of rotatable bonds is 8. The van der Waals surface area contributed by atoms with E-state index in [2.05, 4.69) is 23.2 Å². The topological polar surface area (TPSA) is 63.9 Å². The molecule has 3 aromatic rings. The van der Waals surface area contributed by atoms with E-state index in [1.165, 1.54) is 19.3 Å². The number of nitrogens with two attached hydrogens (primary N) is 1. The molecule has 0 radical (unpaired) electrons. The number of ether oxygens (including phenoxy) is 1. The van der Waals surface area contributed by atoms with E-state index in [0.717, 1.165) is 47.0 Å². The minimum absolute atomic E-state index is 0.734. The molecule has 4 nitrogen and oxygen atoms in total. The van der Waals surface area contributed by atoms with Gasteiger partial charge in [-0.2, -0.15) is 5.10 Å². The lowest BCUT2D eigenvalue weighted by Crippen LogP contribution is -1.98. The van der Waals surface area contributed by atoms with Gasteiger partial charge in [0.1, 0.15) is 5.75 Å². The summed E-state index contributed by atoms with van der Waals surface area (Å²) in [5, 5.41) is 7.55. The zero-order valence-corrected chi connectivity index (χ0v) is 14.7. The molecule has 0 bridgehead atoms. The summed E-state index contributed by atoms with van der Waals surface area (Å²) in [5.41, 5.74) is 10.5. The first-order chi connectivity index (χ1) is 12.3. The van der Waals surface area contributed by atoms with Gasteiger partial charge in [-0.3, -0.25) is 5.10 Å². The monoisotopic (exact) mass is 335 g/mol. The lowest BCUT2D eigenvalue weighted by molar-refractivity contribution is 0.306. The predicted octanol–water partition coefficient (Wildman–Crippen LogP) is 5.29. The summed E-state index contributed by atoms with van der Waals surface area (Å²) in [6.07, 6.45) is 4.79. The first-order valence-corrected chi connectivity index (χ1v) is 8.91. The molecule has 3 N–H and O–H groups in total. The summed E-state index contributed by atoms with van der Waals surface area (Å²) < 4.78 is 6.00. The number of aromatic nitrogens is 2. The highest BCUT2D eigenvalue weighted by Gasteiger charge is 2.10. The van der Waals surface area contributed by atoms with Crippen molar-refractivity contribution in [2.75, 3.05) is 12.3 Å². The van der Waals surface area contributed by atoms with Crippen LogP contribution in [-0.2, 0) is 0 Å². The van der Waals surface area contributed by atoms with Gasteiger partial charge in [0.2, 0.25) is 0 Å². The highest BCUT2D eigenvalue weighted by Crippen LogP contribution is 2.31. The molecule has 1 aromatic heterocycles. The van der Waals surface area contributed by atoms with Crippen LogP contribution in [0.5, 0.6) is 5.75 Å². The van der Waals surface area contributed by atoms with E-state index >= 15 is 0 Å². The molecular formula is C21H25N3O. The van der Waals surface area contributed by atoms with Gasteiger partial charge in [0.15, 0.2) is 0 Å². The first-order valence-electron chi connectivity index (χ1n) is 8.91. The van der Waals surface area contributed by atoms with Crippen LogP contribution in [0.3, 0.4) is 0 Å². The number of nitrogen functional groups attached to an aromatic ring is 1. The summed E-state index contributed by atoms with van der Waals surface area (Å²) in [6.45, 7) is 2.96. The number of nitrogens with zero attached hydrogens (tertiary/aromatic N) is 1. The molecule has 25 heavy (non-hydrogen) atoms. The maximum atomic E-state index is 6.00. The van der Waals surface area contributed by atoms with Crippen molar-refractivity contribution in [1.29, 1.82) is 0 Å². The summed E-state index contributed by atoms with van der Waals surface area (Å²) >= 11 is 0. The second-order valence-corrected chi connectivity index (χ2v) is 6.20. The molecule has 1 heterocycles. The van der Waals surface area contributed by atoms with Crippen molar-refractivity contribution in [3.8, 4) is 28.3 Å². The maximum Gasteiger partial charge on any atom is 0.128 e. The molecule has 0 saturated heterocycles. The molecule has 130 valence electrons. The van der Waals surface area contributed by atoms with Crippen LogP contribution in [0.25, 0.3) is 22.5 Å². The van der Waals surface area contributed by atoms with Crippen molar-refractivity contribution in [2.45, 2.75) is 32.6 Å². The highest BCUT2D eigenvalue weighted by atomic mass is 16.5. The van der Waals surface area contributed by atoms with Gasteiger partial charge in [0, 0.05) is 16.8 Å². The maximum absolute atomic E-state index is 6.00. The van der Waals surface area contributed by atoms with E-state index in [9.17, 15) is 0 Å². The van der Waals surface area contributed by atoms with Crippen molar-refractivity contribution in [3.05, 3.63) is 54.6 Å². The van der Waals surface area contributed by atoms with Gasteiger partial charge in [-0.05, 0) is 36.8 Å². The van der Waals surface area contributed by atoms with E-state index in [1.807, 2.05) is 48.5 Å². The van der Waals surface area contributed by atoms with E-state index in [-0.39, 0.29) is 0 Å². The third-order valence-electron chi connectivity index (χ3n) is 4.19. The van der Waals surface area contributed by atoms with Crippen LogP contribution in [0, 0.1) is 0 Å². The van der Waals surface area contributed by atoms with Gasteiger partial charge < -0.3 is 10.5 Å². The number of hydrogen-bond donors (Lipinski definition) is 2. The molecule has 0 spiro atoms. The lowest BCUT2D eigenvalue weighted by Gasteiger charge is -2.10. The third kappa shape index (κ3) is 4.41. The number of benzene rings is 2. The molecule has 4 heteroatoms. The van der Waals surface area contributed by atoms with Crippen LogP contribution in [0.2, 0.25) is 0 Å². The Hall–Kier alpha value is -2.75. The lowest BCUT2D eigenvalue weighted by atomic mass is 10.1. The average molecular weight is 335 g/mol. The van der Waals surface area contributed by atoms with Crippen LogP contribution in [0.1, 0.15) is 32.6 Å². The Morgan fingerprint density at radius 3 is 2.72 bits per heavy atom. The summed E-state index contributed by atoms with van der Waals surface area (Å²) in [5.74, 6) is 0.891. The number of unbranched alkanes of at least 4 members (excludes halogenated alkanes) is 3. The highest BCUT2D eigenvalue weighted by molar-refractivity contribution is 5.73. The van der Waals surface area contributed by atoms with Crippen LogP contribution in [0.15, 0.2) is 54.6 Å². The fourth-order valence-corrected chi connectivity index (χ4v) is 2.83. The zero-order chi connectivity index (χ0) is 17.5. The average Bonchev–Trinajstić information content (AvgIpc) is 3.12. The van der Waals surface area contributed by atoms with E-state index in [0.29, 0.717) is 0 Å². The Labute approximate surface area is 149 Å². The Balaban J connectivity index is 1.76. The second-order valence-electron chi connectivity index (χ2n) is 6.20. The number of nitrogens with one attached hydrogen (secondary N) is 1. The van der Waals surface area contributed by atoms with Crippen molar-refractivity contribution in [3.63, 3.8) is 0 Å². The number of hydrogen-bond acceptors (Lipinski definition) is 3. The molecule has 0 aliphatic carbocycles. The Bertz CT molecular complexity index is 810. The van der Waals surface area contributed by atoms with E-state index in [1.54, 1.807) is 0 Å². The molecule has 0 amide bonds. The molecule has 0 saturated carbocycles. The van der Waals surface area contributed by atoms with Crippen LogP contribution < -0.4 is 10.5 Å². The van der Waals surface area contributed by atoms with Gasteiger partial charge in [-0.25, -0.2) is 0 Å². The summed E-state index contributed by atoms with van der Waals surface area (Å²) in [4.78, 5) is 0. The smallest absolute Gasteiger partial charge is 0.128 e. The molecule has 3 rings (SSSR count). The van der Waals surface area contributed by atoms with E-state index in [4.69, 9.17) is 10.5 Å². The molecule has 0 aliphatic rings. The van der Waals surface area contributed by atoms with Gasteiger partial charge in [0.25, 0.3) is 0 Å². The molecule has 0 aliphatic heterocycles. The van der Waals surface area contributed by atoms with Crippen molar-refractivity contribution in [2.24, 2.45) is 0 Å². The summed E-state index contributed by atoms with van der Waals surface area (Å²) in [6, 6.07) is 17.9. The molecule has 0 fully saturated rings. The zero-order valence-electron chi connectivity index (χ0n) is 14.7. The van der Waals surface area contributed by atoms with E-state index < -0.39 is 0 Å². The third-order valence-corrected chi connectivity index (χ3v) is 4.19. The molecular weight excluding hydrogens is 310 g/mol. The minimum Gasteiger partial charge on any atom is -0.493 e. The number of anilines is 1. The van der Waals surface area contributed by atoms with Gasteiger partial charge >= 0.3 is 0 Å². The minimum atomic E-state index is 0.734. The Morgan fingerprint density at radius 1 is 1.00 bits per heavy atom. The number of aromatic amines is 1. The molecule has 2 aromatic carbocycles. The van der Waals surface area contributed by atoms with Crippen LogP contribution in [0.4, 0.5) is 5.69 Å². The van der Waals surface area contributed by atoms with Crippen molar-refractivity contribution < 1.29 is 4.74 Å². The quantitative estimate of drug-likeness (QED) is 0.434. The standard InChI is InChI=1S/C21H25N3O/c1-2-3-4-7-13-25-21-12-6-5-11-18(21)20-15-19(23-24-20)16-9-8-10-17(22)14-16/h5-6,8-12,14-15H,2-4,7,13,22H2,1H3,(H,23,24). The first kappa shape index (κ1) is 17.1. The predicted molar refractivity (Wildman–Crippen MR) is 104 cm³/mol.